The molecule has 0 spiro atoms. The molecule has 0 aliphatic heterocycles. The number of hydrogen-bond acceptors (Lipinski definition) is 5. The van der Waals surface area contributed by atoms with Gasteiger partial charge in [-0.15, -0.1) is 11.5 Å². The van der Waals surface area contributed by atoms with Gasteiger partial charge in [0, 0.05) is 0 Å². The minimum atomic E-state index is -0.584. The van der Waals surface area contributed by atoms with Crippen LogP contribution in [0.15, 0.2) is 29.4 Å². The predicted molar refractivity (Wildman–Crippen MR) is 94.9 cm³/mol. The fraction of sp³-hybridized carbons (Fsp3) is 0.412. The number of hydrogen-bond donors (Lipinski definition) is 1. The van der Waals surface area contributed by atoms with Gasteiger partial charge in [-0.1, -0.05) is 49.7 Å². The average Bonchev–Trinajstić information content (AvgIpc) is 3.07. The molecule has 2 aromatic rings. The van der Waals surface area contributed by atoms with Crippen LogP contribution in [0.3, 0.4) is 0 Å². The minimum absolute atomic E-state index is 0.124. The SMILES string of the molecule is C#CC(CC)(CC)NC(=O)CSc1nnnn1-c1ccccc1C. The number of amides is 1. The molecule has 1 N–H and O–H groups in total. The summed E-state index contributed by atoms with van der Waals surface area (Å²) in [4.78, 5) is 12.2. The molecule has 0 radical (unpaired) electrons. The molecule has 0 atom stereocenters. The van der Waals surface area contributed by atoms with Crippen molar-refractivity contribution in [2.45, 2.75) is 44.3 Å². The van der Waals surface area contributed by atoms with E-state index in [1.807, 2.05) is 45.0 Å². The van der Waals surface area contributed by atoms with E-state index in [0.717, 1.165) is 11.3 Å². The molecule has 1 heterocycles. The Hall–Kier alpha value is -2.33. The zero-order valence-corrected chi connectivity index (χ0v) is 14.9. The van der Waals surface area contributed by atoms with Gasteiger partial charge in [0.15, 0.2) is 0 Å². The van der Waals surface area contributed by atoms with Gasteiger partial charge < -0.3 is 5.32 Å². The molecule has 0 saturated heterocycles. The van der Waals surface area contributed by atoms with Crippen molar-refractivity contribution in [3.8, 4) is 18.0 Å². The molecule has 0 aliphatic carbocycles. The number of thioether (sulfide) groups is 1. The quantitative estimate of drug-likeness (QED) is 0.617. The Morgan fingerprint density at radius 2 is 2.08 bits per heavy atom. The third-order valence-corrected chi connectivity index (χ3v) is 4.90. The molecular formula is C17H21N5OS. The Bertz CT molecular complexity index is 745. The molecule has 126 valence electrons. The fourth-order valence-corrected chi connectivity index (χ4v) is 3.00. The van der Waals surface area contributed by atoms with Crippen molar-refractivity contribution in [1.82, 2.24) is 25.5 Å². The van der Waals surface area contributed by atoms with Crippen molar-refractivity contribution in [2.24, 2.45) is 0 Å². The maximum absolute atomic E-state index is 12.2. The molecule has 1 aromatic heterocycles. The first kappa shape index (κ1) is 18.0. The van der Waals surface area contributed by atoms with Gasteiger partial charge >= 0.3 is 0 Å². The minimum Gasteiger partial charge on any atom is -0.339 e. The second kappa shape index (κ2) is 7.97. The maximum Gasteiger partial charge on any atom is 0.231 e. The third kappa shape index (κ3) is 3.95. The molecule has 6 nitrogen and oxygen atoms in total. The number of tetrazole rings is 1. The monoisotopic (exact) mass is 343 g/mol. The highest BCUT2D eigenvalue weighted by atomic mass is 32.2. The number of carbonyl (C=O) groups excluding carboxylic acids is 1. The molecule has 7 heteroatoms. The lowest BCUT2D eigenvalue weighted by atomic mass is 9.94. The van der Waals surface area contributed by atoms with E-state index in [2.05, 4.69) is 26.8 Å². The molecule has 0 saturated carbocycles. The van der Waals surface area contributed by atoms with Crippen LogP contribution in [0.4, 0.5) is 0 Å². The van der Waals surface area contributed by atoms with Gasteiger partial charge in [0.1, 0.15) is 5.54 Å². The number of para-hydroxylation sites is 1. The number of benzene rings is 1. The molecule has 2 rings (SSSR count). The van der Waals surface area contributed by atoms with Crippen LogP contribution in [0.1, 0.15) is 32.3 Å². The molecule has 0 unspecified atom stereocenters. The Morgan fingerprint density at radius 1 is 1.38 bits per heavy atom. The van der Waals surface area contributed by atoms with Crippen LogP contribution in [0.25, 0.3) is 5.69 Å². The summed E-state index contributed by atoms with van der Waals surface area (Å²) >= 11 is 1.28. The molecule has 24 heavy (non-hydrogen) atoms. The lowest BCUT2D eigenvalue weighted by Gasteiger charge is -2.26. The van der Waals surface area contributed by atoms with Gasteiger partial charge in [-0.2, -0.15) is 4.68 Å². The largest absolute Gasteiger partial charge is 0.339 e. The summed E-state index contributed by atoms with van der Waals surface area (Å²) in [5, 5.41) is 15.3. The van der Waals surface area contributed by atoms with Crippen LogP contribution in [0, 0.1) is 19.3 Å². The van der Waals surface area contributed by atoms with Gasteiger partial charge in [0.25, 0.3) is 0 Å². The third-order valence-electron chi connectivity index (χ3n) is 3.98. The first-order valence-electron chi connectivity index (χ1n) is 7.81. The van der Waals surface area contributed by atoms with E-state index in [0.29, 0.717) is 18.0 Å². The number of nitrogens with one attached hydrogen (secondary N) is 1. The standard InChI is InChI=1S/C17H21N5OS/c1-5-17(6-2,7-3)18-15(23)12-24-16-19-20-21-22(16)14-11-9-8-10-13(14)4/h1,8-11H,6-7,12H2,2-4H3,(H,18,23). The van der Waals surface area contributed by atoms with E-state index in [1.165, 1.54) is 11.8 Å². The van der Waals surface area contributed by atoms with Crippen molar-refractivity contribution < 1.29 is 4.79 Å². The Labute approximate surface area is 146 Å². The van der Waals surface area contributed by atoms with E-state index < -0.39 is 5.54 Å². The Balaban J connectivity index is 2.07. The zero-order chi connectivity index (χ0) is 17.6. The van der Waals surface area contributed by atoms with Gasteiger partial charge in [0.2, 0.25) is 11.1 Å². The molecule has 1 aromatic carbocycles. The van der Waals surface area contributed by atoms with Gasteiger partial charge in [-0.05, 0) is 41.8 Å². The molecular weight excluding hydrogens is 322 g/mol. The number of terminal acetylenes is 1. The van der Waals surface area contributed by atoms with Crippen molar-refractivity contribution >= 4 is 17.7 Å². The summed E-state index contributed by atoms with van der Waals surface area (Å²) in [5.74, 6) is 2.78. The van der Waals surface area contributed by atoms with E-state index in [9.17, 15) is 4.79 Å². The molecule has 1 amide bonds. The second-order valence-electron chi connectivity index (χ2n) is 5.43. The molecule has 0 aliphatic rings. The average molecular weight is 343 g/mol. The van der Waals surface area contributed by atoms with E-state index in [4.69, 9.17) is 6.42 Å². The van der Waals surface area contributed by atoms with Crippen LogP contribution in [-0.2, 0) is 4.79 Å². The van der Waals surface area contributed by atoms with Crippen LogP contribution in [-0.4, -0.2) is 37.4 Å². The summed E-state index contributed by atoms with van der Waals surface area (Å²) in [6.07, 6.45) is 6.96. The zero-order valence-electron chi connectivity index (χ0n) is 14.1. The smallest absolute Gasteiger partial charge is 0.231 e. The topological polar surface area (TPSA) is 72.7 Å². The van der Waals surface area contributed by atoms with Crippen molar-refractivity contribution in [3.63, 3.8) is 0 Å². The van der Waals surface area contributed by atoms with Crippen molar-refractivity contribution in [2.75, 3.05) is 5.75 Å². The normalized spacial score (nSPS) is 11.1. The summed E-state index contributed by atoms with van der Waals surface area (Å²) in [6, 6.07) is 7.81. The summed E-state index contributed by atoms with van der Waals surface area (Å²) < 4.78 is 1.64. The summed E-state index contributed by atoms with van der Waals surface area (Å²) in [7, 11) is 0. The maximum atomic E-state index is 12.2. The van der Waals surface area contributed by atoms with Gasteiger partial charge in [0.05, 0.1) is 11.4 Å². The van der Waals surface area contributed by atoms with Crippen LogP contribution >= 0.6 is 11.8 Å². The lowest BCUT2D eigenvalue weighted by Crippen LogP contribution is -2.47. The highest BCUT2D eigenvalue weighted by Crippen LogP contribution is 2.21. The van der Waals surface area contributed by atoms with E-state index >= 15 is 0 Å². The summed E-state index contributed by atoms with van der Waals surface area (Å²) in [6.45, 7) is 5.92. The number of carbonyl (C=O) groups is 1. The fourth-order valence-electron chi connectivity index (χ4n) is 2.32. The summed E-state index contributed by atoms with van der Waals surface area (Å²) in [5.41, 5.74) is 1.37. The number of rotatable bonds is 7. The number of nitrogens with zero attached hydrogens (tertiary/aromatic N) is 4. The van der Waals surface area contributed by atoms with E-state index in [-0.39, 0.29) is 11.7 Å². The van der Waals surface area contributed by atoms with Crippen LogP contribution in [0.2, 0.25) is 0 Å². The van der Waals surface area contributed by atoms with Crippen molar-refractivity contribution in [3.05, 3.63) is 29.8 Å². The molecule has 0 fully saturated rings. The van der Waals surface area contributed by atoms with Crippen molar-refractivity contribution in [1.29, 1.82) is 0 Å². The molecule has 0 bridgehead atoms. The Morgan fingerprint density at radius 3 is 2.71 bits per heavy atom. The van der Waals surface area contributed by atoms with Gasteiger partial charge in [-0.25, -0.2) is 0 Å². The van der Waals surface area contributed by atoms with Gasteiger partial charge in [-0.3, -0.25) is 4.79 Å². The van der Waals surface area contributed by atoms with Crippen LogP contribution < -0.4 is 5.32 Å². The highest BCUT2D eigenvalue weighted by Gasteiger charge is 2.25. The number of aryl methyl sites for hydroxylation is 1. The second-order valence-corrected chi connectivity index (χ2v) is 6.37. The number of aromatic nitrogens is 4. The Kier molecular flexibility index (Phi) is 5.99. The first-order valence-corrected chi connectivity index (χ1v) is 8.79. The van der Waals surface area contributed by atoms with E-state index in [1.54, 1.807) is 4.68 Å². The lowest BCUT2D eigenvalue weighted by molar-refractivity contribution is -0.119. The first-order chi connectivity index (χ1) is 11.5. The predicted octanol–water partition coefficient (Wildman–Crippen LogP) is 2.37. The highest BCUT2D eigenvalue weighted by molar-refractivity contribution is 7.99. The van der Waals surface area contributed by atoms with Crippen LogP contribution in [0.5, 0.6) is 0 Å².